The van der Waals surface area contributed by atoms with E-state index in [1.54, 1.807) is 12.1 Å². The van der Waals surface area contributed by atoms with Crippen molar-refractivity contribution in [3.63, 3.8) is 0 Å². The molecule has 1 aromatic rings. The molecule has 4 nitrogen and oxygen atoms in total. The first-order valence-corrected chi connectivity index (χ1v) is 8.28. The summed E-state index contributed by atoms with van der Waals surface area (Å²) in [5, 5.41) is 9.41. The third-order valence-electron chi connectivity index (χ3n) is 3.77. The summed E-state index contributed by atoms with van der Waals surface area (Å²) in [6.45, 7) is 8.23. The fourth-order valence-corrected chi connectivity index (χ4v) is 2.57. The van der Waals surface area contributed by atoms with Gasteiger partial charge in [-0.1, -0.05) is 11.6 Å². The van der Waals surface area contributed by atoms with Crippen molar-refractivity contribution in [2.75, 3.05) is 11.4 Å². The van der Waals surface area contributed by atoms with Crippen molar-refractivity contribution in [1.82, 2.24) is 0 Å². The number of ether oxygens (including phenoxy) is 1. The molecule has 1 aliphatic rings. The minimum atomic E-state index is -0.515. The lowest BCUT2D eigenvalue weighted by atomic mass is 10.1. The van der Waals surface area contributed by atoms with E-state index in [1.807, 2.05) is 38.7 Å². The van der Waals surface area contributed by atoms with Crippen LogP contribution in [-0.2, 0) is 9.53 Å². The third-order valence-corrected chi connectivity index (χ3v) is 4.08. The summed E-state index contributed by atoms with van der Waals surface area (Å²) in [6, 6.07) is 6.94. The molecule has 0 aromatic heterocycles. The molecular weight excluding hydrogens is 312 g/mol. The van der Waals surface area contributed by atoms with Crippen molar-refractivity contribution in [2.24, 2.45) is 5.92 Å². The van der Waals surface area contributed by atoms with E-state index in [1.165, 1.54) is 12.8 Å². The number of carbonyl (C=O) groups is 1. The Balaban J connectivity index is 2.24. The zero-order chi connectivity index (χ0) is 17.2. The van der Waals surface area contributed by atoms with E-state index in [4.69, 9.17) is 21.6 Å². The van der Waals surface area contributed by atoms with Crippen LogP contribution in [0.1, 0.15) is 46.1 Å². The zero-order valence-electron chi connectivity index (χ0n) is 14.1. The molecule has 1 aromatic carbocycles. The van der Waals surface area contributed by atoms with Gasteiger partial charge in [0.05, 0.1) is 10.6 Å². The highest BCUT2D eigenvalue weighted by Gasteiger charge is 2.32. The minimum absolute atomic E-state index is 0.251. The maximum Gasteiger partial charge on any atom is 0.328 e. The minimum Gasteiger partial charge on any atom is -0.458 e. The highest BCUT2D eigenvalue weighted by atomic mass is 35.5. The quantitative estimate of drug-likeness (QED) is 0.759. The zero-order valence-corrected chi connectivity index (χ0v) is 14.9. The molecule has 124 valence electrons. The molecule has 1 atom stereocenters. The summed E-state index contributed by atoms with van der Waals surface area (Å²) >= 11 is 6.15. The van der Waals surface area contributed by atoms with Gasteiger partial charge in [-0.15, -0.1) is 0 Å². The van der Waals surface area contributed by atoms with E-state index >= 15 is 0 Å². The van der Waals surface area contributed by atoms with Crippen LogP contribution in [0.4, 0.5) is 5.69 Å². The van der Waals surface area contributed by atoms with Gasteiger partial charge >= 0.3 is 5.97 Å². The normalized spacial score (nSPS) is 15.7. The van der Waals surface area contributed by atoms with Crippen LogP contribution >= 0.6 is 11.6 Å². The fourth-order valence-electron chi connectivity index (χ4n) is 2.35. The largest absolute Gasteiger partial charge is 0.458 e. The van der Waals surface area contributed by atoms with Gasteiger partial charge in [-0.25, -0.2) is 4.79 Å². The maximum absolute atomic E-state index is 12.4. The summed E-state index contributed by atoms with van der Waals surface area (Å²) in [7, 11) is 0. The summed E-state index contributed by atoms with van der Waals surface area (Å²) in [6.07, 6.45) is 2.36. The van der Waals surface area contributed by atoms with Gasteiger partial charge in [0.15, 0.2) is 0 Å². The van der Waals surface area contributed by atoms with Crippen molar-refractivity contribution >= 4 is 23.3 Å². The van der Waals surface area contributed by atoms with Crippen molar-refractivity contribution in [1.29, 1.82) is 5.26 Å². The number of halogens is 1. The Morgan fingerprint density at radius 2 is 2.13 bits per heavy atom. The summed E-state index contributed by atoms with van der Waals surface area (Å²) in [5.74, 6) is 0.355. The van der Waals surface area contributed by atoms with Crippen LogP contribution in [0.2, 0.25) is 5.02 Å². The Morgan fingerprint density at radius 1 is 1.48 bits per heavy atom. The van der Waals surface area contributed by atoms with E-state index in [9.17, 15) is 4.79 Å². The molecule has 2 rings (SSSR count). The number of nitrogens with zero attached hydrogens (tertiary/aromatic N) is 2. The molecule has 0 spiro atoms. The summed E-state index contributed by atoms with van der Waals surface area (Å²) in [4.78, 5) is 14.5. The number of anilines is 1. The van der Waals surface area contributed by atoms with Gasteiger partial charge in [0.25, 0.3) is 0 Å². The Labute approximate surface area is 143 Å². The molecule has 0 saturated heterocycles. The number of nitriles is 1. The lowest BCUT2D eigenvalue weighted by molar-refractivity contribution is -0.156. The average molecular weight is 335 g/mol. The lowest BCUT2D eigenvalue weighted by Crippen LogP contribution is -2.43. The van der Waals surface area contributed by atoms with E-state index < -0.39 is 11.6 Å². The Kier molecular flexibility index (Phi) is 5.21. The van der Waals surface area contributed by atoms with Crippen LogP contribution in [0.5, 0.6) is 0 Å². The van der Waals surface area contributed by atoms with Crippen LogP contribution in [0, 0.1) is 17.2 Å². The van der Waals surface area contributed by atoms with Crippen LogP contribution in [-0.4, -0.2) is 24.2 Å². The first-order valence-electron chi connectivity index (χ1n) is 7.90. The summed E-state index contributed by atoms with van der Waals surface area (Å²) < 4.78 is 5.51. The lowest BCUT2D eigenvalue weighted by Gasteiger charge is -2.32. The van der Waals surface area contributed by atoms with E-state index in [0.717, 1.165) is 12.2 Å². The number of benzene rings is 1. The summed E-state index contributed by atoms with van der Waals surface area (Å²) in [5.41, 5.74) is 0.768. The standard InChI is InChI=1S/C18H23ClN2O2/c1-12(17(22)23-18(2,3)4)21(11-13-5-6-13)15-8-7-14(10-20)16(19)9-15/h7-9,12-13H,5-6,11H2,1-4H3/t12-/m0/s1. The number of carbonyl (C=O) groups excluding carboxylic acids is 1. The van der Waals surface area contributed by atoms with Crippen molar-refractivity contribution < 1.29 is 9.53 Å². The molecule has 1 saturated carbocycles. The fraction of sp³-hybridized carbons (Fsp3) is 0.556. The third kappa shape index (κ3) is 4.87. The first-order chi connectivity index (χ1) is 10.7. The molecule has 0 heterocycles. The van der Waals surface area contributed by atoms with E-state index in [0.29, 0.717) is 16.5 Å². The van der Waals surface area contributed by atoms with Crippen LogP contribution in [0.25, 0.3) is 0 Å². The van der Waals surface area contributed by atoms with Gasteiger partial charge in [0.2, 0.25) is 0 Å². The topological polar surface area (TPSA) is 53.3 Å². The predicted molar refractivity (Wildman–Crippen MR) is 91.5 cm³/mol. The van der Waals surface area contributed by atoms with Crippen LogP contribution < -0.4 is 4.90 Å². The van der Waals surface area contributed by atoms with Gasteiger partial charge < -0.3 is 9.64 Å². The Morgan fingerprint density at radius 3 is 2.61 bits per heavy atom. The molecule has 23 heavy (non-hydrogen) atoms. The van der Waals surface area contributed by atoms with Crippen molar-refractivity contribution in [3.05, 3.63) is 28.8 Å². The SMILES string of the molecule is C[C@@H](C(=O)OC(C)(C)C)N(CC1CC1)c1ccc(C#N)c(Cl)c1. The Hall–Kier alpha value is -1.73. The molecular formula is C18H23ClN2O2. The molecule has 1 aliphatic carbocycles. The van der Waals surface area contributed by atoms with Gasteiger partial charge in [0, 0.05) is 12.2 Å². The highest BCUT2D eigenvalue weighted by molar-refractivity contribution is 6.32. The number of esters is 1. The highest BCUT2D eigenvalue weighted by Crippen LogP contribution is 2.34. The maximum atomic E-state index is 12.4. The first kappa shape index (κ1) is 17.6. The molecule has 0 bridgehead atoms. The second-order valence-electron chi connectivity index (χ2n) is 7.08. The van der Waals surface area contributed by atoms with Crippen molar-refractivity contribution in [3.8, 4) is 6.07 Å². The predicted octanol–water partition coefficient (Wildman–Crippen LogP) is 4.16. The second-order valence-corrected chi connectivity index (χ2v) is 7.49. The average Bonchev–Trinajstić information content (AvgIpc) is 3.26. The van der Waals surface area contributed by atoms with Gasteiger partial charge in [-0.05, 0) is 64.7 Å². The van der Waals surface area contributed by atoms with Gasteiger partial charge in [0.1, 0.15) is 17.7 Å². The molecule has 0 unspecified atom stereocenters. The van der Waals surface area contributed by atoms with Gasteiger partial charge in [-0.3, -0.25) is 0 Å². The smallest absolute Gasteiger partial charge is 0.328 e. The van der Waals surface area contributed by atoms with Crippen molar-refractivity contribution in [2.45, 2.75) is 52.2 Å². The van der Waals surface area contributed by atoms with E-state index in [2.05, 4.69) is 6.07 Å². The molecule has 0 N–H and O–H groups in total. The van der Waals surface area contributed by atoms with Gasteiger partial charge in [-0.2, -0.15) is 5.26 Å². The second kappa shape index (κ2) is 6.80. The molecule has 0 aliphatic heterocycles. The monoisotopic (exact) mass is 334 g/mol. The number of rotatable bonds is 5. The Bertz CT molecular complexity index is 627. The molecule has 0 radical (unpaired) electrons. The molecule has 5 heteroatoms. The van der Waals surface area contributed by atoms with Crippen LogP contribution in [0.3, 0.4) is 0 Å². The molecule has 0 amide bonds. The number of hydrogen-bond donors (Lipinski definition) is 0. The number of hydrogen-bond acceptors (Lipinski definition) is 4. The molecule has 1 fully saturated rings. The van der Waals surface area contributed by atoms with Crippen LogP contribution in [0.15, 0.2) is 18.2 Å². The van der Waals surface area contributed by atoms with E-state index in [-0.39, 0.29) is 5.97 Å².